The molecule has 28 heavy (non-hydrogen) atoms. The average Bonchev–Trinajstić information content (AvgIpc) is 2.70. The maximum absolute atomic E-state index is 12.1. The van der Waals surface area contributed by atoms with Gasteiger partial charge in [-0.25, -0.2) is 0 Å². The van der Waals surface area contributed by atoms with Gasteiger partial charge in [0.1, 0.15) is 18.5 Å². The number of benzene rings is 2. The van der Waals surface area contributed by atoms with Crippen molar-refractivity contribution in [3.05, 3.63) is 53.6 Å². The molecule has 1 atom stereocenters. The van der Waals surface area contributed by atoms with Crippen molar-refractivity contribution in [3.63, 3.8) is 0 Å². The molecule has 0 aromatic heterocycles. The number of fused-ring (bicyclic) bond motifs is 1. The third-order valence-corrected chi connectivity index (χ3v) is 4.38. The zero-order valence-electron chi connectivity index (χ0n) is 15.1. The summed E-state index contributed by atoms with van der Waals surface area (Å²) in [6.07, 6.45) is 0.171. The Morgan fingerprint density at radius 2 is 1.93 bits per heavy atom. The van der Waals surface area contributed by atoms with E-state index in [1.807, 2.05) is 6.07 Å². The molecule has 9 heteroatoms. The summed E-state index contributed by atoms with van der Waals surface area (Å²) in [5.41, 5.74) is 2.39. The lowest BCUT2D eigenvalue weighted by Gasteiger charge is -2.18. The van der Waals surface area contributed by atoms with Crippen LogP contribution < -0.4 is 20.8 Å². The summed E-state index contributed by atoms with van der Waals surface area (Å²) in [4.78, 5) is 23.4. The lowest BCUT2D eigenvalue weighted by Crippen LogP contribution is -2.35. The molecule has 0 aliphatic carbocycles. The topological polar surface area (TPSA) is 128 Å². The van der Waals surface area contributed by atoms with Crippen molar-refractivity contribution in [2.45, 2.75) is 18.9 Å². The van der Waals surface area contributed by atoms with Crippen molar-refractivity contribution in [2.75, 3.05) is 18.5 Å². The second-order valence-corrected chi connectivity index (χ2v) is 6.54. The molecule has 2 aromatic carbocycles. The summed E-state index contributed by atoms with van der Waals surface area (Å²) < 4.78 is 5.57. The molecular weight excluding hydrogens is 363 g/mol. The first kappa shape index (κ1) is 19.9. The van der Waals surface area contributed by atoms with Gasteiger partial charge in [-0.1, -0.05) is 12.1 Å². The van der Waals surface area contributed by atoms with Gasteiger partial charge in [-0.3, -0.25) is 9.59 Å². The molecule has 0 spiro atoms. The monoisotopic (exact) mass is 384 g/mol. The predicted octanol–water partition coefficient (Wildman–Crippen LogP) is -0.579. The van der Waals surface area contributed by atoms with Gasteiger partial charge in [0, 0.05) is 24.2 Å². The van der Waals surface area contributed by atoms with Crippen molar-refractivity contribution in [3.8, 4) is 5.75 Å². The van der Waals surface area contributed by atoms with Gasteiger partial charge in [0.2, 0.25) is 5.91 Å². The minimum atomic E-state index is -1.59. The van der Waals surface area contributed by atoms with Crippen LogP contribution in [0.1, 0.15) is 22.3 Å². The normalized spacial score (nSPS) is 13.9. The number of amides is 2. The molecule has 146 valence electrons. The van der Waals surface area contributed by atoms with Crippen molar-refractivity contribution in [1.29, 1.82) is 0 Å². The Morgan fingerprint density at radius 1 is 1.18 bits per heavy atom. The number of hydrogen-bond donors (Lipinski definition) is 5. The van der Waals surface area contributed by atoms with E-state index in [4.69, 9.17) is 14.8 Å². The van der Waals surface area contributed by atoms with Gasteiger partial charge in [-0.2, -0.15) is 0 Å². The third kappa shape index (κ3) is 5.10. The van der Waals surface area contributed by atoms with E-state index >= 15 is 0 Å². The Morgan fingerprint density at radius 3 is 2.64 bits per heavy atom. The number of hydrogen-bond acceptors (Lipinski definition) is 6. The largest absolute Gasteiger partial charge is 0.491 e. The number of aryl methyl sites for hydroxylation is 1. The first-order valence-electron chi connectivity index (χ1n) is 8.90. The number of carbonyl (C=O) groups is 2. The summed E-state index contributed by atoms with van der Waals surface area (Å²) in [5, 5.41) is 33.5. The van der Waals surface area contributed by atoms with Gasteiger partial charge in [0.25, 0.3) is 5.91 Å². The summed E-state index contributed by atoms with van der Waals surface area (Å²) >= 11 is 0. The Balaban J connectivity index is 1.46. The smallest absolute Gasteiger partial charge is 0.488 e. The fraction of sp³-hybridized carbons (Fsp3) is 0.263. The maximum Gasteiger partial charge on any atom is 0.488 e. The van der Waals surface area contributed by atoms with E-state index in [2.05, 4.69) is 10.6 Å². The van der Waals surface area contributed by atoms with Crippen molar-refractivity contribution in [1.82, 2.24) is 5.32 Å². The molecule has 5 N–H and O–H groups in total. The van der Waals surface area contributed by atoms with Crippen LogP contribution in [0.15, 0.2) is 42.5 Å². The summed E-state index contributed by atoms with van der Waals surface area (Å²) in [5.74, 6) is 0.190. The van der Waals surface area contributed by atoms with Crippen LogP contribution in [0, 0.1) is 0 Å². The molecule has 0 saturated heterocycles. The summed E-state index contributed by atoms with van der Waals surface area (Å²) in [7, 11) is -1.59. The molecule has 0 radical (unpaired) electrons. The Kier molecular flexibility index (Phi) is 6.30. The van der Waals surface area contributed by atoms with Crippen molar-refractivity contribution in [2.24, 2.45) is 0 Å². The summed E-state index contributed by atoms with van der Waals surface area (Å²) in [6, 6.07) is 11.1. The molecule has 1 unspecified atom stereocenters. The molecule has 1 aliphatic rings. The van der Waals surface area contributed by atoms with Crippen molar-refractivity contribution < 1.29 is 29.5 Å². The molecule has 3 rings (SSSR count). The molecule has 8 nitrogen and oxygen atoms in total. The number of ether oxygens (including phenoxy) is 1. The van der Waals surface area contributed by atoms with E-state index in [0.29, 0.717) is 24.2 Å². The van der Waals surface area contributed by atoms with Gasteiger partial charge in [0.15, 0.2) is 0 Å². The van der Waals surface area contributed by atoms with Gasteiger partial charge < -0.3 is 30.5 Å². The number of aliphatic hydroxyl groups excluding tert-OH is 1. The molecule has 1 aliphatic heterocycles. The van der Waals surface area contributed by atoms with Crippen molar-refractivity contribution >= 4 is 30.1 Å². The molecule has 2 amide bonds. The predicted molar refractivity (Wildman–Crippen MR) is 103 cm³/mol. The lowest BCUT2D eigenvalue weighted by atomic mass is 9.80. The highest BCUT2D eigenvalue weighted by molar-refractivity contribution is 6.58. The highest BCUT2D eigenvalue weighted by Gasteiger charge is 2.16. The van der Waals surface area contributed by atoms with Crippen LogP contribution in [0.25, 0.3) is 0 Å². The van der Waals surface area contributed by atoms with E-state index in [-0.39, 0.29) is 30.4 Å². The second kappa shape index (κ2) is 8.88. The fourth-order valence-corrected chi connectivity index (χ4v) is 2.82. The van der Waals surface area contributed by atoms with E-state index in [9.17, 15) is 14.7 Å². The minimum Gasteiger partial charge on any atom is -0.491 e. The van der Waals surface area contributed by atoms with Gasteiger partial charge in [0.05, 0.1) is 0 Å². The van der Waals surface area contributed by atoms with E-state index in [0.717, 1.165) is 11.3 Å². The number of rotatable bonds is 7. The van der Waals surface area contributed by atoms with Crippen LogP contribution in [0.4, 0.5) is 5.69 Å². The fourth-order valence-electron chi connectivity index (χ4n) is 2.82. The quantitative estimate of drug-likeness (QED) is 0.407. The first-order valence-corrected chi connectivity index (χ1v) is 8.90. The number of aliphatic hydroxyl groups is 1. The Bertz CT molecular complexity index is 856. The van der Waals surface area contributed by atoms with Crippen LogP contribution in [0.2, 0.25) is 0 Å². The molecular formula is C19H21BN2O6. The maximum atomic E-state index is 12.1. The molecule has 0 saturated carbocycles. The zero-order chi connectivity index (χ0) is 20.1. The molecule has 2 aromatic rings. The Hall–Kier alpha value is -2.88. The van der Waals surface area contributed by atoms with Crippen LogP contribution in [-0.2, 0) is 11.2 Å². The molecule has 0 bridgehead atoms. The van der Waals surface area contributed by atoms with Gasteiger partial charge >= 0.3 is 7.12 Å². The SMILES string of the molecule is O=C1CCc2cc(OCC(O)CNC(=O)c3ccc(B(O)O)cc3)ccc2N1. The zero-order valence-corrected chi connectivity index (χ0v) is 15.1. The number of nitrogens with one attached hydrogen (secondary N) is 2. The average molecular weight is 384 g/mol. The number of carbonyl (C=O) groups excluding carboxylic acids is 2. The highest BCUT2D eigenvalue weighted by atomic mass is 16.5. The molecule has 1 heterocycles. The third-order valence-electron chi connectivity index (χ3n) is 4.38. The Labute approximate surface area is 162 Å². The second-order valence-electron chi connectivity index (χ2n) is 6.54. The van der Waals surface area contributed by atoms with Crippen LogP contribution in [0.5, 0.6) is 5.75 Å². The molecule has 0 fully saturated rings. The van der Waals surface area contributed by atoms with Crippen LogP contribution >= 0.6 is 0 Å². The minimum absolute atomic E-state index is 0.00106. The standard InChI is InChI=1S/C19H21BN2O6/c23-15(10-21-19(25)12-1-4-14(5-2-12)20(26)27)11-28-16-6-7-17-13(9-16)3-8-18(24)22-17/h1-2,4-7,9,15,23,26-27H,3,8,10-11H2,(H,21,25)(H,22,24). The first-order chi connectivity index (χ1) is 13.4. The van der Waals surface area contributed by atoms with Gasteiger partial charge in [-0.15, -0.1) is 0 Å². The van der Waals surface area contributed by atoms with Crippen LogP contribution in [-0.4, -0.2) is 53.3 Å². The van der Waals surface area contributed by atoms with E-state index in [1.54, 1.807) is 12.1 Å². The summed E-state index contributed by atoms with van der Waals surface area (Å²) in [6.45, 7) is 0.00523. The number of anilines is 1. The van der Waals surface area contributed by atoms with Crippen LogP contribution in [0.3, 0.4) is 0 Å². The van der Waals surface area contributed by atoms with E-state index < -0.39 is 13.2 Å². The van der Waals surface area contributed by atoms with E-state index in [1.165, 1.54) is 24.3 Å². The lowest BCUT2D eigenvalue weighted by molar-refractivity contribution is -0.116. The van der Waals surface area contributed by atoms with Gasteiger partial charge in [-0.05, 0) is 47.8 Å². The highest BCUT2D eigenvalue weighted by Crippen LogP contribution is 2.26.